The van der Waals surface area contributed by atoms with Gasteiger partial charge in [-0.3, -0.25) is 4.79 Å². The van der Waals surface area contributed by atoms with Crippen LogP contribution in [0.2, 0.25) is 0 Å². The van der Waals surface area contributed by atoms with Crippen LogP contribution in [0.1, 0.15) is 36.7 Å². The topological polar surface area (TPSA) is 64.4 Å². The summed E-state index contributed by atoms with van der Waals surface area (Å²) in [7, 11) is 0. The maximum Gasteiger partial charge on any atom is 0.277 e. The van der Waals surface area contributed by atoms with Crippen LogP contribution in [0.4, 0.5) is 5.69 Å². The molecule has 0 spiro atoms. The van der Waals surface area contributed by atoms with Crippen molar-refractivity contribution in [3.8, 4) is 17.1 Å². The highest BCUT2D eigenvalue weighted by Crippen LogP contribution is 2.30. The average molecular weight is 350 g/mol. The molecule has 0 unspecified atom stereocenters. The minimum atomic E-state index is -0.312. The van der Waals surface area contributed by atoms with Crippen molar-refractivity contribution >= 4 is 11.6 Å². The number of rotatable bonds is 8. The normalized spacial score (nSPS) is 10.5. The Hall–Kier alpha value is -3.08. The van der Waals surface area contributed by atoms with Gasteiger partial charge in [0.25, 0.3) is 5.91 Å². The van der Waals surface area contributed by atoms with Gasteiger partial charge in [-0.2, -0.15) is 0 Å². The van der Waals surface area contributed by atoms with Crippen LogP contribution in [0.25, 0.3) is 11.3 Å². The van der Waals surface area contributed by atoms with Crippen LogP contribution in [-0.2, 0) is 0 Å². The lowest BCUT2D eigenvalue weighted by Crippen LogP contribution is -2.11. The van der Waals surface area contributed by atoms with Crippen molar-refractivity contribution in [1.29, 1.82) is 0 Å². The Balaban J connectivity index is 1.72. The fraction of sp³-hybridized carbons (Fsp3) is 0.238. The molecule has 1 aromatic heterocycles. The zero-order chi connectivity index (χ0) is 18.2. The summed E-state index contributed by atoms with van der Waals surface area (Å²) >= 11 is 0. The van der Waals surface area contributed by atoms with Gasteiger partial charge in [-0.25, -0.2) is 0 Å². The molecule has 2 aromatic carbocycles. The Morgan fingerprint density at radius 3 is 2.65 bits per heavy atom. The maximum absolute atomic E-state index is 12.3. The van der Waals surface area contributed by atoms with E-state index < -0.39 is 0 Å². The van der Waals surface area contributed by atoms with E-state index in [0.29, 0.717) is 18.1 Å². The lowest BCUT2D eigenvalue weighted by molar-refractivity contribution is 0.101. The van der Waals surface area contributed by atoms with Gasteiger partial charge in [-0.15, -0.1) is 0 Å². The predicted octanol–water partition coefficient (Wildman–Crippen LogP) is 5.16. The quantitative estimate of drug-likeness (QED) is 0.570. The van der Waals surface area contributed by atoms with Crippen molar-refractivity contribution in [3.63, 3.8) is 0 Å². The Morgan fingerprint density at radius 1 is 1.08 bits per heavy atom. The van der Waals surface area contributed by atoms with E-state index in [2.05, 4.69) is 17.4 Å². The highest BCUT2D eigenvalue weighted by atomic mass is 16.5. The molecule has 0 saturated carbocycles. The molecular weight excluding hydrogens is 328 g/mol. The van der Waals surface area contributed by atoms with Crippen molar-refractivity contribution in [2.24, 2.45) is 0 Å². The number of nitrogens with one attached hydrogen (secondary N) is 1. The number of anilines is 1. The van der Waals surface area contributed by atoms with Crippen LogP contribution in [0, 0.1) is 0 Å². The summed E-state index contributed by atoms with van der Waals surface area (Å²) in [6, 6.07) is 18.5. The number of hydrogen-bond acceptors (Lipinski definition) is 4. The first-order chi connectivity index (χ1) is 12.8. The highest BCUT2D eigenvalue weighted by molar-refractivity contribution is 6.03. The van der Waals surface area contributed by atoms with Gasteiger partial charge in [-0.05, 0) is 30.7 Å². The minimum Gasteiger partial charge on any atom is -0.493 e. The first-order valence-corrected chi connectivity index (χ1v) is 8.83. The number of nitrogens with zero attached hydrogens (tertiary/aromatic N) is 1. The van der Waals surface area contributed by atoms with Gasteiger partial charge < -0.3 is 14.6 Å². The molecule has 1 amide bonds. The average Bonchev–Trinajstić information content (AvgIpc) is 3.17. The zero-order valence-electron chi connectivity index (χ0n) is 14.8. The van der Waals surface area contributed by atoms with Gasteiger partial charge in [0.05, 0.1) is 12.2 Å². The molecule has 0 aliphatic carbocycles. The van der Waals surface area contributed by atoms with Crippen LogP contribution in [0.5, 0.6) is 5.75 Å². The maximum atomic E-state index is 12.3. The fourth-order valence-corrected chi connectivity index (χ4v) is 2.56. The Kier molecular flexibility index (Phi) is 6.04. The molecule has 3 rings (SSSR count). The first-order valence-electron chi connectivity index (χ1n) is 8.83. The molecule has 0 saturated heterocycles. The standard InChI is InChI=1S/C21H22N2O3/c1-2-3-9-14-25-19-13-8-7-12-17(19)20-15-18(23-26-20)21(24)22-16-10-5-4-6-11-16/h4-8,10-13,15H,2-3,9,14H2,1H3,(H,22,24). The molecule has 0 aliphatic heterocycles. The van der Waals surface area contributed by atoms with Crippen LogP contribution in [0.3, 0.4) is 0 Å². The van der Waals surface area contributed by atoms with E-state index in [9.17, 15) is 4.79 Å². The molecule has 0 radical (unpaired) electrons. The zero-order valence-corrected chi connectivity index (χ0v) is 14.8. The van der Waals surface area contributed by atoms with E-state index in [1.54, 1.807) is 6.07 Å². The van der Waals surface area contributed by atoms with E-state index in [1.807, 2.05) is 54.6 Å². The molecule has 0 bridgehead atoms. The second-order valence-corrected chi connectivity index (χ2v) is 5.95. The number of unbranched alkanes of at least 4 members (excludes halogenated alkanes) is 2. The van der Waals surface area contributed by atoms with Gasteiger partial charge in [0.2, 0.25) is 0 Å². The van der Waals surface area contributed by atoms with E-state index in [4.69, 9.17) is 9.26 Å². The second-order valence-electron chi connectivity index (χ2n) is 5.95. The summed E-state index contributed by atoms with van der Waals surface area (Å²) in [6.45, 7) is 2.81. The van der Waals surface area contributed by atoms with Crippen molar-refractivity contribution in [3.05, 3.63) is 66.4 Å². The van der Waals surface area contributed by atoms with Gasteiger partial charge in [0.15, 0.2) is 11.5 Å². The van der Waals surface area contributed by atoms with E-state index in [1.165, 1.54) is 0 Å². The number of carbonyl (C=O) groups excluding carboxylic acids is 1. The Bertz CT molecular complexity index is 843. The summed E-state index contributed by atoms with van der Waals surface area (Å²) in [5.74, 6) is 0.927. The highest BCUT2D eigenvalue weighted by Gasteiger charge is 2.16. The van der Waals surface area contributed by atoms with E-state index in [0.717, 1.165) is 30.6 Å². The fourth-order valence-electron chi connectivity index (χ4n) is 2.56. The lowest BCUT2D eigenvalue weighted by atomic mass is 10.1. The number of para-hydroxylation sites is 2. The third kappa shape index (κ3) is 4.51. The van der Waals surface area contributed by atoms with Crippen molar-refractivity contribution in [2.75, 3.05) is 11.9 Å². The molecule has 5 heteroatoms. The summed E-state index contributed by atoms with van der Waals surface area (Å²) in [4.78, 5) is 12.3. The minimum absolute atomic E-state index is 0.227. The van der Waals surface area contributed by atoms with Crippen molar-refractivity contribution in [2.45, 2.75) is 26.2 Å². The third-order valence-electron chi connectivity index (χ3n) is 3.93. The Labute approximate surface area is 153 Å². The first kappa shape index (κ1) is 17.7. The molecule has 134 valence electrons. The smallest absolute Gasteiger partial charge is 0.277 e. The molecule has 26 heavy (non-hydrogen) atoms. The predicted molar refractivity (Wildman–Crippen MR) is 101 cm³/mol. The van der Waals surface area contributed by atoms with Gasteiger partial charge in [0.1, 0.15) is 5.75 Å². The number of carbonyl (C=O) groups is 1. The van der Waals surface area contributed by atoms with Crippen LogP contribution >= 0.6 is 0 Å². The van der Waals surface area contributed by atoms with Crippen molar-refractivity contribution < 1.29 is 14.1 Å². The molecule has 5 nitrogen and oxygen atoms in total. The van der Waals surface area contributed by atoms with Crippen LogP contribution in [-0.4, -0.2) is 17.7 Å². The Morgan fingerprint density at radius 2 is 1.85 bits per heavy atom. The van der Waals surface area contributed by atoms with E-state index in [-0.39, 0.29) is 11.6 Å². The summed E-state index contributed by atoms with van der Waals surface area (Å²) in [5.41, 5.74) is 1.72. The molecule has 0 fully saturated rings. The molecule has 0 atom stereocenters. The van der Waals surface area contributed by atoms with Crippen LogP contribution in [0.15, 0.2) is 65.2 Å². The van der Waals surface area contributed by atoms with Gasteiger partial charge in [-0.1, -0.05) is 55.3 Å². The molecule has 3 aromatic rings. The molecule has 0 aliphatic rings. The van der Waals surface area contributed by atoms with E-state index >= 15 is 0 Å². The number of ether oxygens (including phenoxy) is 1. The largest absolute Gasteiger partial charge is 0.493 e. The number of hydrogen-bond donors (Lipinski definition) is 1. The number of aromatic nitrogens is 1. The monoisotopic (exact) mass is 350 g/mol. The number of benzene rings is 2. The van der Waals surface area contributed by atoms with Crippen LogP contribution < -0.4 is 10.1 Å². The number of amides is 1. The third-order valence-corrected chi connectivity index (χ3v) is 3.93. The van der Waals surface area contributed by atoms with Crippen molar-refractivity contribution in [1.82, 2.24) is 5.16 Å². The molecule has 1 heterocycles. The SMILES string of the molecule is CCCCCOc1ccccc1-c1cc(C(=O)Nc2ccccc2)no1. The van der Waals surface area contributed by atoms with Gasteiger partial charge in [0, 0.05) is 11.8 Å². The molecule has 1 N–H and O–H groups in total. The lowest BCUT2D eigenvalue weighted by Gasteiger charge is -2.09. The summed E-state index contributed by atoms with van der Waals surface area (Å²) in [6.07, 6.45) is 3.28. The summed E-state index contributed by atoms with van der Waals surface area (Å²) in [5, 5.41) is 6.69. The van der Waals surface area contributed by atoms with Gasteiger partial charge >= 0.3 is 0 Å². The second kappa shape index (κ2) is 8.85. The summed E-state index contributed by atoms with van der Waals surface area (Å²) < 4.78 is 11.3. The molecular formula is C21H22N2O3.